The van der Waals surface area contributed by atoms with Gasteiger partial charge in [0.05, 0.1) is 17.8 Å². The average molecular weight is 370 g/mol. The van der Waals surface area contributed by atoms with Crippen LogP contribution in [0, 0.1) is 0 Å². The number of carbonyl (C=O) groups excluding carboxylic acids is 1. The van der Waals surface area contributed by atoms with Gasteiger partial charge in [-0.15, -0.1) is 0 Å². The standard InChI is InChI=1S/C19H16ClN3OS/c20-14-7-4-8-15(10-14)23-19(16-11-25-12-17(16)22-23)21-18(24)9-13-5-2-1-3-6-13/h1-8,10H,9,11-12H2,(H,21,24). The molecule has 0 saturated heterocycles. The summed E-state index contributed by atoms with van der Waals surface area (Å²) in [4.78, 5) is 12.5. The van der Waals surface area contributed by atoms with Crippen molar-refractivity contribution >= 4 is 35.1 Å². The van der Waals surface area contributed by atoms with Crippen molar-refractivity contribution in [3.8, 4) is 5.69 Å². The molecule has 1 aliphatic heterocycles. The number of carbonyl (C=O) groups is 1. The average Bonchev–Trinajstić information content (AvgIpc) is 3.18. The van der Waals surface area contributed by atoms with Gasteiger partial charge in [-0.1, -0.05) is 48.0 Å². The minimum Gasteiger partial charge on any atom is -0.310 e. The smallest absolute Gasteiger partial charge is 0.229 e. The van der Waals surface area contributed by atoms with Gasteiger partial charge in [-0.25, -0.2) is 4.68 Å². The van der Waals surface area contributed by atoms with Gasteiger partial charge in [0.15, 0.2) is 0 Å². The minimum atomic E-state index is -0.0471. The Labute approximate surface area is 155 Å². The molecule has 0 aliphatic carbocycles. The molecule has 25 heavy (non-hydrogen) atoms. The molecule has 4 rings (SSSR count). The summed E-state index contributed by atoms with van der Waals surface area (Å²) in [6.07, 6.45) is 0.337. The van der Waals surface area contributed by atoms with E-state index in [2.05, 4.69) is 10.4 Å². The summed E-state index contributed by atoms with van der Waals surface area (Å²) in [5, 5.41) is 8.39. The summed E-state index contributed by atoms with van der Waals surface area (Å²) in [6.45, 7) is 0. The van der Waals surface area contributed by atoms with E-state index >= 15 is 0 Å². The lowest BCUT2D eigenvalue weighted by atomic mass is 10.1. The largest absolute Gasteiger partial charge is 0.310 e. The molecule has 6 heteroatoms. The fourth-order valence-electron chi connectivity index (χ4n) is 2.89. The van der Waals surface area contributed by atoms with E-state index in [0.29, 0.717) is 11.4 Å². The third-order valence-corrected chi connectivity index (χ3v) is 5.28. The number of fused-ring (bicyclic) bond motifs is 1. The Kier molecular flexibility index (Phi) is 4.51. The number of anilines is 1. The fraction of sp³-hybridized carbons (Fsp3) is 0.158. The first-order valence-corrected chi connectivity index (χ1v) is 9.52. The summed E-state index contributed by atoms with van der Waals surface area (Å²) in [5.41, 5.74) is 3.97. The lowest BCUT2D eigenvalue weighted by Crippen LogP contribution is -2.18. The van der Waals surface area contributed by atoms with E-state index in [1.165, 1.54) is 0 Å². The van der Waals surface area contributed by atoms with Crippen molar-refractivity contribution in [2.24, 2.45) is 0 Å². The first kappa shape index (κ1) is 16.2. The summed E-state index contributed by atoms with van der Waals surface area (Å²) in [5.74, 6) is 2.43. The molecule has 3 aromatic rings. The third kappa shape index (κ3) is 3.43. The van der Waals surface area contributed by atoms with Crippen LogP contribution in [0.1, 0.15) is 16.8 Å². The molecule has 1 N–H and O–H groups in total. The molecule has 1 amide bonds. The Bertz CT molecular complexity index is 924. The zero-order valence-electron chi connectivity index (χ0n) is 13.4. The monoisotopic (exact) mass is 369 g/mol. The number of amides is 1. The maximum Gasteiger partial charge on any atom is 0.229 e. The molecule has 1 aliphatic rings. The van der Waals surface area contributed by atoms with Crippen LogP contribution in [-0.2, 0) is 22.7 Å². The Morgan fingerprint density at radius 2 is 2.00 bits per heavy atom. The van der Waals surface area contributed by atoms with Gasteiger partial charge in [0, 0.05) is 22.1 Å². The molecule has 126 valence electrons. The molecule has 0 saturated carbocycles. The maximum atomic E-state index is 12.5. The number of hydrogen-bond donors (Lipinski definition) is 1. The highest BCUT2D eigenvalue weighted by molar-refractivity contribution is 7.98. The molecular formula is C19H16ClN3OS. The minimum absolute atomic E-state index is 0.0471. The van der Waals surface area contributed by atoms with Crippen molar-refractivity contribution in [2.75, 3.05) is 5.32 Å². The highest BCUT2D eigenvalue weighted by Crippen LogP contribution is 2.36. The van der Waals surface area contributed by atoms with Crippen LogP contribution in [0.25, 0.3) is 5.69 Å². The molecule has 2 heterocycles. The zero-order chi connectivity index (χ0) is 17.2. The van der Waals surface area contributed by atoms with Gasteiger partial charge in [-0.2, -0.15) is 16.9 Å². The highest BCUT2D eigenvalue weighted by Gasteiger charge is 2.24. The van der Waals surface area contributed by atoms with Gasteiger partial charge >= 0.3 is 0 Å². The number of hydrogen-bond acceptors (Lipinski definition) is 3. The number of rotatable bonds is 4. The summed E-state index contributed by atoms with van der Waals surface area (Å²) >= 11 is 7.93. The van der Waals surface area contributed by atoms with Gasteiger partial charge < -0.3 is 5.32 Å². The number of thioether (sulfide) groups is 1. The second kappa shape index (κ2) is 6.94. The van der Waals surface area contributed by atoms with Crippen molar-refractivity contribution in [3.05, 3.63) is 76.4 Å². The Morgan fingerprint density at radius 1 is 1.16 bits per heavy atom. The predicted molar refractivity (Wildman–Crippen MR) is 102 cm³/mol. The van der Waals surface area contributed by atoms with Crippen LogP contribution in [0.15, 0.2) is 54.6 Å². The number of nitrogens with one attached hydrogen (secondary N) is 1. The second-order valence-electron chi connectivity index (χ2n) is 5.87. The predicted octanol–water partition coefficient (Wildman–Crippen LogP) is 4.45. The van der Waals surface area contributed by atoms with E-state index in [-0.39, 0.29) is 5.91 Å². The Hall–Kier alpha value is -2.24. The molecule has 0 bridgehead atoms. The van der Waals surface area contributed by atoms with E-state index in [4.69, 9.17) is 11.6 Å². The second-order valence-corrected chi connectivity index (χ2v) is 7.29. The first-order valence-electron chi connectivity index (χ1n) is 7.99. The highest BCUT2D eigenvalue weighted by atomic mass is 35.5. The van der Waals surface area contributed by atoms with Crippen LogP contribution in [0.2, 0.25) is 5.02 Å². The molecule has 0 fully saturated rings. The molecule has 0 spiro atoms. The summed E-state index contributed by atoms with van der Waals surface area (Å²) in [7, 11) is 0. The molecule has 0 unspecified atom stereocenters. The summed E-state index contributed by atoms with van der Waals surface area (Å²) < 4.78 is 1.79. The quantitative estimate of drug-likeness (QED) is 0.738. The van der Waals surface area contributed by atoms with E-state index in [1.54, 1.807) is 4.68 Å². The van der Waals surface area contributed by atoms with Crippen LogP contribution in [-0.4, -0.2) is 15.7 Å². The van der Waals surface area contributed by atoms with Crippen molar-refractivity contribution in [1.82, 2.24) is 9.78 Å². The Morgan fingerprint density at radius 3 is 2.80 bits per heavy atom. The van der Waals surface area contributed by atoms with Crippen LogP contribution in [0.3, 0.4) is 0 Å². The van der Waals surface area contributed by atoms with Crippen LogP contribution < -0.4 is 5.32 Å². The van der Waals surface area contributed by atoms with Gasteiger partial charge in [0.25, 0.3) is 0 Å². The molecule has 0 atom stereocenters. The van der Waals surface area contributed by atoms with E-state index in [0.717, 1.165) is 39.8 Å². The molecule has 2 aromatic carbocycles. The summed E-state index contributed by atoms with van der Waals surface area (Å²) in [6, 6.07) is 17.2. The van der Waals surface area contributed by atoms with Crippen LogP contribution >= 0.6 is 23.4 Å². The molecule has 1 aromatic heterocycles. The van der Waals surface area contributed by atoms with Gasteiger partial charge in [0.1, 0.15) is 5.82 Å². The lowest BCUT2D eigenvalue weighted by molar-refractivity contribution is -0.115. The fourth-order valence-corrected chi connectivity index (χ4v) is 4.11. The lowest BCUT2D eigenvalue weighted by Gasteiger charge is -2.11. The molecule has 0 radical (unpaired) electrons. The van der Waals surface area contributed by atoms with Crippen molar-refractivity contribution in [1.29, 1.82) is 0 Å². The number of benzene rings is 2. The zero-order valence-corrected chi connectivity index (χ0v) is 15.0. The molecular weight excluding hydrogens is 354 g/mol. The van der Waals surface area contributed by atoms with Crippen LogP contribution in [0.5, 0.6) is 0 Å². The van der Waals surface area contributed by atoms with Crippen molar-refractivity contribution in [2.45, 2.75) is 17.9 Å². The number of nitrogens with zero attached hydrogens (tertiary/aromatic N) is 2. The maximum absolute atomic E-state index is 12.5. The molecule has 4 nitrogen and oxygen atoms in total. The third-order valence-electron chi connectivity index (χ3n) is 4.07. The van der Waals surface area contributed by atoms with Gasteiger partial charge in [-0.3, -0.25) is 4.79 Å². The normalized spacial score (nSPS) is 12.8. The van der Waals surface area contributed by atoms with Gasteiger partial charge in [-0.05, 0) is 23.8 Å². The van der Waals surface area contributed by atoms with Crippen molar-refractivity contribution < 1.29 is 4.79 Å². The SMILES string of the molecule is O=C(Cc1ccccc1)Nc1c2c(nn1-c1cccc(Cl)c1)CSC2. The Balaban J connectivity index is 1.65. The first-order chi connectivity index (χ1) is 12.2. The van der Waals surface area contributed by atoms with Crippen LogP contribution in [0.4, 0.5) is 5.82 Å². The topological polar surface area (TPSA) is 46.9 Å². The van der Waals surface area contributed by atoms with Gasteiger partial charge in [0.2, 0.25) is 5.91 Å². The van der Waals surface area contributed by atoms with E-state index in [1.807, 2.05) is 66.4 Å². The van der Waals surface area contributed by atoms with E-state index < -0.39 is 0 Å². The van der Waals surface area contributed by atoms with E-state index in [9.17, 15) is 4.79 Å². The number of halogens is 1. The number of aromatic nitrogens is 2. The van der Waals surface area contributed by atoms with Crippen molar-refractivity contribution in [3.63, 3.8) is 0 Å².